The number of rotatable bonds is 6. The minimum absolute atomic E-state index is 0.00347. The Bertz CT molecular complexity index is 876. The first-order valence-electron chi connectivity index (χ1n) is 8.25. The number of primary sulfonamides is 1. The van der Waals surface area contributed by atoms with E-state index in [2.05, 4.69) is 10.6 Å². The number of anilines is 1. The van der Waals surface area contributed by atoms with Crippen LogP contribution in [0.3, 0.4) is 0 Å². The first kappa shape index (κ1) is 18.4. The molecular weight excluding hydrogens is 354 g/mol. The molecule has 1 atom stereocenters. The quantitative estimate of drug-likeness (QED) is 0.714. The second-order valence-corrected chi connectivity index (χ2v) is 7.90. The first-order chi connectivity index (χ1) is 12.3. The average molecular weight is 375 g/mol. The largest absolute Gasteiger partial charge is 0.457 e. The van der Waals surface area contributed by atoms with E-state index in [-0.39, 0.29) is 16.7 Å². The molecule has 7 nitrogen and oxygen atoms in total. The minimum Gasteiger partial charge on any atom is -0.457 e. The number of carbonyl (C=O) groups is 1. The standard InChI is InChI=1S/C18H21N3O4S/c1-12(13-10-20-11-13)18(22)21-14-2-4-15(5-3-14)25-16-6-8-17(9-7-16)26(19,23)24/h2-9,12-13,20H,10-11H2,1H3,(H,21,22)(H2,19,23,24). The van der Waals surface area contributed by atoms with Gasteiger partial charge < -0.3 is 15.4 Å². The van der Waals surface area contributed by atoms with Crippen molar-refractivity contribution in [3.8, 4) is 11.5 Å². The fourth-order valence-corrected chi connectivity index (χ4v) is 3.09. The molecule has 2 aromatic rings. The Hall–Kier alpha value is -2.42. The molecule has 1 aliphatic heterocycles. The maximum atomic E-state index is 12.2. The van der Waals surface area contributed by atoms with Crippen LogP contribution in [-0.4, -0.2) is 27.4 Å². The number of sulfonamides is 1. The lowest BCUT2D eigenvalue weighted by atomic mass is 9.88. The van der Waals surface area contributed by atoms with Crippen molar-refractivity contribution in [3.63, 3.8) is 0 Å². The Kier molecular flexibility index (Phi) is 5.26. The van der Waals surface area contributed by atoms with Crippen molar-refractivity contribution in [1.29, 1.82) is 0 Å². The van der Waals surface area contributed by atoms with Crippen LogP contribution in [0.1, 0.15) is 6.92 Å². The van der Waals surface area contributed by atoms with Gasteiger partial charge in [0.25, 0.3) is 0 Å². The summed E-state index contributed by atoms with van der Waals surface area (Å²) in [6.07, 6.45) is 0. The Labute approximate surface area is 152 Å². The van der Waals surface area contributed by atoms with Crippen molar-refractivity contribution in [1.82, 2.24) is 5.32 Å². The van der Waals surface area contributed by atoms with Crippen LogP contribution in [0.25, 0.3) is 0 Å². The number of benzene rings is 2. The van der Waals surface area contributed by atoms with Gasteiger partial charge >= 0.3 is 0 Å². The molecule has 0 aliphatic carbocycles. The van der Waals surface area contributed by atoms with E-state index in [1.54, 1.807) is 24.3 Å². The van der Waals surface area contributed by atoms with E-state index >= 15 is 0 Å². The van der Waals surface area contributed by atoms with Crippen LogP contribution in [0, 0.1) is 11.8 Å². The lowest BCUT2D eigenvalue weighted by Gasteiger charge is -2.31. The molecule has 0 spiro atoms. The summed E-state index contributed by atoms with van der Waals surface area (Å²) in [5, 5.41) is 11.1. The molecule has 1 fully saturated rings. The van der Waals surface area contributed by atoms with Crippen LogP contribution >= 0.6 is 0 Å². The molecule has 1 amide bonds. The van der Waals surface area contributed by atoms with Gasteiger partial charge in [0.15, 0.2) is 0 Å². The Balaban J connectivity index is 1.59. The lowest BCUT2D eigenvalue weighted by Crippen LogP contribution is -2.48. The summed E-state index contributed by atoms with van der Waals surface area (Å²) in [5.41, 5.74) is 0.700. The predicted molar refractivity (Wildman–Crippen MR) is 98.5 cm³/mol. The van der Waals surface area contributed by atoms with Gasteiger partial charge in [0.05, 0.1) is 4.90 Å². The molecule has 1 saturated heterocycles. The summed E-state index contributed by atoms with van der Waals surface area (Å²) in [6, 6.07) is 12.8. The van der Waals surface area contributed by atoms with Crippen molar-refractivity contribution < 1.29 is 17.9 Å². The number of hydrogen-bond donors (Lipinski definition) is 3. The zero-order chi connectivity index (χ0) is 18.7. The number of carbonyl (C=O) groups excluding carboxylic acids is 1. The van der Waals surface area contributed by atoms with Crippen LogP contribution in [0.2, 0.25) is 0 Å². The molecule has 1 aliphatic rings. The van der Waals surface area contributed by atoms with Gasteiger partial charge in [-0.05, 0) is 67.5 Å². The van der Waals surface area contributed by atoms with Crippen molar-refractivity contribution in [2.75, 3.05) is 18.4 Å². The Morgan fingerprint density at radius 1 is 1.12 bits per heavy atom. The highest BCUT2D eigenvalue weighted by Gasteiger charge is 2.28. The third-order valence-electron chi connectivity index (χ3n) is 4.44. The van der Waals surface area contributed by atoms with Gasteiger partial charge in [-0.3, -0.25) is 4.79 Å². The minimum atomic E-state index is -3.72. The predicted octanol–water partition coefficient (Wildman–Crippen LogP) is 1.92. The van der Waals surface area contributed by atoms with Gasteiger partial charge in [-0.15, -0.1) is 0 Å². The van der Waals surface area contributed by atoms with Crippen LogP contribution in [0.5, 0.6) is 11.5 Å². The molecule has 0 bridgehead atoms. The van der Waals surface area contributed by atoms with Crippen LogP contribution in [0.15, 0.2) is 53.4 Å². The fraction of sp³-hybridized carbons (Fsp3) is 0.278. The van der Waals surface area contributed by atoms with Crippen molar-refractivity contribution >= 4 is 21.6 Å². The third-order valence-corrected chi connectivity index (χ3v) is 5.37. The summed E-state index contributed by atoms with van der Waals surface area (Å²) >= 11 is 0. The lowest BCUT2D eigenvalue weighted by molar-refractivity contribution is -0.121. The zero-order valence-corrected chi connectivity index (χ0v) is 15.1. The van der Waals surface area contributed by atoms with Gasteiger partial charge in [-0.25, -0.2) is 13.6 Å². The van der Waals surface area contributed by atoms with E-state index in [4.69, 9.17) is 9.88 Å². The van der Waals surface area contributed by atoms with Gasteiger partial charge in [-0.1, -0.05) is 6.92 Å². The van der Waals surface area contributed by atoms with Crippen molar-refractivity contribution in [2.24, 2.45) is 17.0 Å². The molecule has 2 aromatic carbocycles. The maximum Gasteiger partial charge on any atom is 0.238 e. The number of hydrogen-bond acceptors (Lipinski definition) is 5. The number of amides is 1. The Morgan fingerprint density at radius 3 is 2.12 bits per heavy atom. The molecule has 0 saturated carbocycles. The second kappa shape index (κ2) is 7.45. The zero-order valence-electron chi connectivity index (χ0n) is 14.3. The molecule has 26 heavy (non-hydrogen) atoms. The van der Waals surface area contributed by atoms with Crippen molar-refractivity contribution in [3.05, 3.63) is 48.5 Å². The molecule has 1 heterocycles. The Morgan fingerprint density at radius 2 is 1.65 bits per heavy atom. The SMILES string of the molecule is CC(C(=O)Nc1ccc(Oc2ccc(S(N)(=O)=O)cc2)cc1)C1CNC1. The smallest absolute Gasteiger partial charge is 0.238 e. The second-order valence-electron chi connectivity index (χ2n) is 6.34. The number of nitrogens with two attached hydrogens (primary N) is 1. The maximum absolute atomic E-state index is 12.2. The van der Waals surface area contributed by atoms with E-state index in [0.717, 1.165) is 13.1 Å². The van der Waals surface area contributed by atoms with Crippen LogP contribution in [0.4, 0.5) is 5.69 Å². The van der Waals surface area contributed by atoms with Gasteiger partial charge in [-0.2, -0.15) is 0 Å². The molecule has 0 aromatic heterocycles. The molecular formula is C18H21N3O4S. The molecule has 4 N–H and O–H groups in total. The first-order valence-corrected chi connectivity index (χ1v) is 9.80. The summed E-state index contributed by atoms with van der Waals surface area (Å²) in [5.74, 6) is 1.41. The normalized spacial score (nSPS) is 15.8. The number of ether oxygens (including phenoxy) is 1. The van der Waals surface area contributed by atoms with Gasteiger partial charge in [0, 0.05) is 11.6 Å². The van der Waals surface area contributed by atoms with Crippen molar-refractivity contribution in [2.45, 2.75) is 11.8 Å². The molecule has 3 rings (SSSR count). The highest BCUT2D eigenvalue weighted by atomic mass is 32.2. The molecule has 1 unspecified atom stereocenters. The topological polar surface area (TPSA) is 111 Å². The van der Waals surface area contributed by atoms with E-state index in [0.29, 0.717) is 23.1 Å². The molecule has 138 valence electrons. The van der Waals surface area contributed by atoms with E-state index in [1.165, 1.54) is 24.3 Å². The molecule has 8 heteroatoms. The van der Waals surface area contributed by atoms with Gasteiger partial charge in [0.1, 0.15) is 11.5 Å². The highest BCUT2D eigenvalue weighted by molar-refractivity contribution is 7.89. The molecule has 0 radical (unpaired) electrons. The third kappa shape index (κ3) is 4.40. The highest BCUT2D eigenvalue weighted by Crippen LogP contribution is 2.25. The van der Waals surface area contributed by atoms with Crippen LogP contribution in [-0.2, 0) is 14.8 Å². The number of nitrogens with one attached hydrogen (secondary N) is 2. The van der Waals surface area contributed by atoms with Gasteiger partial charge in [0.2, 0.25) is 15.9 Å². The van der Waals surface area contributed by atoms with E-state index in [9.17, 15) is 13.2 Å². The summed E-state index contributed by atoms with van der Waals surface area (Å²) in [7, 11) is -3.72. The van der Waals surface area contributed by atoms with E-state index in [1.807, 2.05) is 6.92 Å². The summed E-state index contributed by atoms with van der Waals surface area (Å²) < 4.78 is 28.1. The average Bonchev–Trinajstić information content (AvgIpc) is 2.54. The monoisotopic (exact) mass is 375 g/mol. The van der Waals surface area contributed by atoms with E-state index < -0.39 is 10.0 Å². The summed E-state index contributed by atoms with van der Waals surface area (Å²) in [4.78, 5) is 12.2. The fourth-order valence-electron chi connectivity index (χ4n) is 2.57. The summed E-state index contributed by atoms with van der Waals surface area (Å²) in [6.45, 7) is 3.70. The van der Waals surface area contributed by atoms with Crippen LogP contribution < -0.4 is 20.5 Å².